The van der Waals surface area contributed by atoms with Gasteiger partial charge in [0.05, 0.1) is 0 Å². The molecule has 0 aromatic heterocycles. The topological polar surface area (TPSA) is 105 Å². The third-order valence-corrected chi connectivity index (χ3v) is 4.30. The van der Waals surface area contributed by atoms with E-state index in [1.54, 1.807) is 41.5 Å². The molecule has 0 heterocycles. The molecule has 28 heavy (non-hydrogen) atoms. The first-order chi connectivity index (χ1) is 12.8. The maximum atomic E-state index is 12.6. The Labute approximate surface area is 172 Å². The van der Waals surface area contributed by atoms with Gasteiger partial charge in [-0.3, -0.25) is 0 Å². The lowest BCUT2D eigenvalue weighted by atomic mass is 9.92. The molecule has 0 aliphatic heterocycles. The van der Waals surface area contributed by atoms with E-state index in [1.165, 1.54) is 25.7 Å². The van der Waals surface area contributed by atoms with E-state index in [0.717, 1.165) is 32.2 Å². The third kappa shape index (κ3) is 12.3. The molecule has 0 atom stereocenters. The highest BCUT2D eigenvalue weighted by molar-refractivity contribution is 6.04. The molecule has 6 nitrogen and oxygen atoms in total. The van der Waals surface area contributed by atoms with Crippen molar-refractivity contribution in [1.82, 2.24) is 0 Å². The van der Waals surface area contributed by atoms with Crippen molar-refractivity contribution in [1.29, 1.82) is 0 Å². The van der Waals surface area contributed by atoms with Gasteiger partial charge in [-0.15, -0.1) is 0 Å². The van der Waals surface area contributed by atoms with E-state index >= 15 is 0 Å². The zero-order valence-corrected chi connectivity index (χ0v) is 19.1. The van der Waals surface area contributed by atoms with Crippen LogP contribution in [0.4, 0.5) is 0 Å². The molecule has 0 spiro atoms. The molecular weight excluding hydrogens is 356 g/mol. The van der Waals surface area contributed by atoms with E-state index in [4.69, 9.17) is 20.9 Å². The first-order valence-corrected chi connectivity index (χ1v) is 10.8. The lowest BCUT2D eigenvalue weighted by Crippen LogP contribution is -2.59. The minimum absolute atomic E-state index is 0.229. The molecule has 166 valence electrons. The van der Waals surface area contributed by atoms with Crippen LogP contribution < -0.4 is 11.5 Å². The van der Waals surface area contributed by atoms with Gasteiger partial charge in [0.1, 0.15) is 11.2 Å². The van der Waals surface area contributed by atoms with Crippen LogP contribution in [0.25, 0.3) is 0 Å². The van der Waals surface area contributed by atoms with Gasteiger partial charge < -0.3 is 20.9 Å². The fourth-order valence-electron chi connectivity index (χ4n) is 2.81. The molecule has 0 aromatic carbocycles. The smallest absolute Gasteiger partial charge is 0.338 e. The summed E-state index contributed by atoms with van der Waals surface area (Å²) < 4.78 is 10.8. The van der Waals surface area contributed by atoms with E-state index in [-0.39, 0.29) is 6.42 Å². The highest BCUT2D eigenvalue weighted by Crippen LogP contribution is 2.23. The zero-order chi connectivity index (χ0) is 21.8. The second-order valence-corrected chi connectivity index (χ2v) is 9.70. The Balaban J connectivity index is 4.54. The predicted molar refractivity (Wildman–Crippen MR) is 114 cm³/mol. The normalized spacial score (nSPS) is 12.7. The molecule has 0 rings (SSSR count). The maximum absolute atomic E-state index is 12.6. The Hall–Kier alpha value is -1.14. The summed E-state index contributed by atoms with van der Waals surface area (Å²) in [6.07, 6.45) is 10.0. The van der Waals surface area contributed by atoms with E-state index < -0.39 is 28.7 Å². The molecule has 0 aromatic rings. The number of ether oxygens (including phenoxy) is 2. The number of carbonyl (C=O) groups is 2. The Bertz CT molecular complexity index is 436. The summed E-state index contributed by atoms with van der Waals surface area (Å²) in [6, 6.07) is 0. The van der Waals surface area contributed by atoms with Crippen molar-refractivity contribution >= 4 is 11.9 Å². The van der Waals surface area contributed by atoms with Gasteiger partial charge in [-0.25, -0.2) is 9.59 Å². The van der Waals surface area contributed by atoms with Crippen molar-refractivity contribution < 1.29 is 19.1 Å². The van der Waals surface area contributed by atoms with Crippen LogP contribution in [0, 0.1) is 0 Å². The molecule has 0 saturated carbocycles. The molecule has 0 saturated heterocycles. The average Bonchev–Trinajstić information content (AvgIpc) is 2.53. The average molecular weight is 401 g/mol. The van der Waals surface area contributed by atoms with E-state index in [2.05, 4.69) is 0 Å². The van der Waals surface area contributed by atoms with Gasteiger partial charge in [0.2, 0.25) is 5.54 Å². The Morgan fingerprint density at radius 3 is 1.29 bits per heavy atom. The van der Waals surface area contributed by atoms with Crippen molar-refractivity contribution in [3.05, 3.63) is 0 Å². The lowest BCUT2D eigenvalue weighted by molar-refractivity contribution is -0.177. The van der Waals surface area contributed by atoms with Crippen LogP contribution in [0.1, 0.15) is 106 Å². The summed E-state index contributed by atoms with van der Waals surface area (Å²) in [4.78, 5) is 25.3. The highest BCUT2D eigenvalue weighted by atomic mass is 16.6. The van der Waals surface area contributed by atoms with E-state index in [9.17, 15) is 9.59 Å². The number of hydrogen-bond donors (Lipinski definition) is 2. The van der Waals surface area contributed by atoms with Crippen LogP contribution in [0.15, 0.2) is 0 Å². The zero-order valence-electron chi connectivity index (χ0n) is 19.1. The maximum Gasteiger partial charge on any atom is 0.338 e. The Kier molecular flexibility index (Phi) is 11.9. The fraction of sp³-hybridized carbons (Fsp3) is 0.909. The number of rotatable bonds is 13. The van der Waals surface area contributed by atoms with Crippen LogP contribution in [0.5, 0.6) is 0 Å². The molecule has 0 aliphatic carbocycles. The SMILES string of the molecule is CC(C)(C)OC(=O)C(N)(CCCCCCCCCCCN)C(=O)OC(C)(C)C. The van der Waals surface area contributed by atoms with Crippen LogP contribution in [-0.4, -0.2) is 35.2 Å². The number of carbonyl (C=O) groups excluding carboxylic acids is 2. The standard InChI is InChI=1S/C22H44N2O4/c1-20(2,3)27-18(25)22(24,19(26)28-21(4,5)6)16-14-12-10-8-7-9-11-13-15-17-23/h7-17,23-24H2,1-6H3. The van der Waals surface area contributed by atoms with Gasteiger partial charge in [-0.2, -0.15) is 0 Å². The van der Waals surface area contributed by atoms with Crippen molar-refractivity contribution in [2.45, 2.75) is 122 Å². The van der Waals surface area contributed by atoms with Crippen LogP contribution in [0.3, 0.4) is 0 Å². The highest BCUT2D eigenvalue weighted by Gasteiger charge is 2.47. The number of unbranched alkanes of at least 4 members (excludes halogenated alkanes) is 8. The van der Waals surface area contributed by atoms with E-state index in [0.29, 0.717) is 6.42 Å². The minimum Gasteiger partial charge on any atom is -0.458 e. The van der Waals surface area contributed by atoms with Gasteiger partial charge in [0.25, 0.3) is 0 Å². The Morgan fingerprint density at radius 1 is 0.643 bits per heavy atom. The largest absolute Gasteiger partial charge is 0.458 e. The van der Waals surface area contributed by atoms with Crippen LogP contribution >= 0.6 is 0 Å². The molecular formula is C22H44N2O4. The van der Waals surface area contributed by atoms with Gasteiger partial charge in [-0.1, -0.05) is 51.4 Å². The summed E-state index contributed by atoms with van der Waals surface area (Å²) in [7, 11) is 0. The summed E-state index contributed by atoms with van der Waals surface area (Å²) in [5.41, 5.74) is 8.55. The van der Waals surface area contributed by atoms with Crippen LogP contribution in [0.2, 0.25) is 0 Å². The first kappa shape index (κ1) is 26.9. The van der Waals surface area contributed by atoms with Crippen molar-refractivity contribution in [3.63, 3.8) is 0 Å². The monoisotopic (exact) mass is 400 g/mol. The molecule has 0 aliphatic rings. The third-order valence-electron chi connectivity index (χ3n) is 4.30. The number of hydrogen-bond acceptors (Lipinski definition) is 6. The molecule has 0 bridgehead atoms. The van der Waals surface area contributed by atoms with Crippen molar-refractivity contribution in [2.75, 3.05) is 6.54 Å². The molecule has 4 N–H and O–H groups in total. The second kappa shape index (κ2) is 12.4. The molecule has 6 heteroatoms. The fourth-order valence-corrected chi connectivity index (χ4v) is 2.81. The summed E-state index contributed by atoms with van der Waals surface area (Å²) in [6.45, 7) is 11.3. The summed E-state index contributed by atoms with van der Waals surface area (Å²) >= 11 is 0. The minimum atomic E-state index is -1.76. The van der Waals surface area contributed by atoms with Gasteiger partial charge in [0.15, 0.2) is 0 Å². The quantitative estimate of drug-likeness (QED) is 0.272. The van der Waals surface area contributed by atoms with Gasteiger partial charge >= 0.3 is 11.9 Å². The molecule has 0 fully saturated rings. The Morgan fingerprint density at radius 2 is 0.964 bits per heavy atom. The van der Waals surface area contributed by atoms with Crippen molar-refractivity contribution in [2.24, 2.45) is 11.5 Å². The first-order valence-electron chi connectivity index (χ1n) is 10.8. The van der Waals surface area contributed by atoms with Crippen LogP contribution in [-0.2, 0) is 19.1 Å². The number of nitrogens with two attached hydrogens (primary N) is 2. The predicted octanol–water partition coefficient (Wildman–Crippen LogP) is 4.23. The van der Waals surface area contributed by atoms with E-state index in [1.807, 2.05) is 0 Å². The molecule has 0 amide bonds. The molecule has 0 unspecified atom stereocenters. The van der Waals surface area contributed by atoms with Gasteiger partial charge in [0, 0.05) is 0 Å². The second-order valence-electron chi connectivity index (χ2n) is 9.70. The number of esters is 2. The molecule has 0 radical (unpaired) electrons. The van der Waals surface area contributed by atoms with Crippen molar-refractivity contribution in [3.8, 4) is 0 Å². The summed E-state index contributed by atoms with van der Waals surface area (Å²) in [5, 5.41) is 0. The lowest BCUT2D eigenvalue weighted by Gasteiger charge is -2.32. The van der Waals surface area contributed by atoms with Gasteiger partial charge in [-0.05, 0) is 60.9 Å². The summed E-state index contributed by atoms with van der Waals surface area (Å²) in [5.74, 6) is -1.43.